The van der Waals surface area contributed by atoms with Gasteiger partial charge in [0.15, 0.2) is 0 Å². The molecule has 1 fully saturated rings. The predicted octanol–water partition coefficient (Wildman–Crippen LogP) is 1.56. The van der Waals surface area contributed by atoms with Crippen molar-refractivity contribution >= 4 is 23.5 Å². The summed E-state index contributed by atoms with van der Waals surface area (Å²) in [6, 6.07) is 5.97. The Morgan fingerprint density at radius 1 is 1.40 bits per heavy atom. The molecule has 1 unspecified atom stereocenters. The van der Waals surface area contributed by atoms with E-state index in [9.17, 15) is 9.59 Å². The summed E-state index contributed by atoms with van der Waals surface area (Å²) in [5.41, 5.74) is 0.716. The quantitative estimate of drug-likeness (QED) is 0.736. The van der Waals surface area contributed by atoms with Crippen molar-refractivity contribution in [1.82, 2.24) is 10.2 Å². The van der Waals surface area contributed by atoms with E-state index in [-0.39, 0.29) is 11.9 Å². The van der Waals surface area contributed by atoms with Crippen LogP contribution < -0.4 is 5.32 Å². The summed E-state index contributed by atoms with van der Waals surface area (Å²) < 4.78 is 0. The van der Waals surface area contributed by atoms with Crippen LogP contribution in [0.2, 0.25) is 5.02 Å². The van der Waals surface area contributed by atoms with Crippen molar-refractivity contribution in [3.8, 4) is 0 Å². The molecule has 0 saturated carbocycles. The average molecular weight is 225 g/mol. The van der Waals surface area contributed by atoms with Gasteiger partial charge in [-0.25, -0.2) is 4.79 Å². The molecule has 78 valence electrons. The Kier molecular flexibility index (Phi) is 2.36. The van der Waals surface area contributed by atoms with Gasteiger partial charge in [0.2, 0.25) is 0 Å². The second-order valence-electron chi connectivity index (χ2n) is 3.36. The van der Waals surface area contributed by atoms with Crippen molar-refractivity contribution in [2.24, 2.45) is 0 Å². The van der Waals surface area contributed by atoms with Crippen molar-refractivity contribution in [1.29, 1.82) is 0 Å². The van der Waals surface area contributed by atoms with Crippen LogP contribution >= 0.6 is 11.6 Å². The van der Waals surface area contributed by atoms with Crippen LogP contribution in [0.25, 0.3) is 0 Å². The van der Waals surface area contributed by atoms with Crippen LogP contribution in [-0.2, 0) is 4.79 Å². The second kappa shape index (κ2) is 3.55. The lowest BCUT2D eigenvalue weighted by Gasteiger charge is -2.16. The monoisotopic (exact) mass is 224 g/mol. The molecule has 1 N–H and O–H groups in total. The van der Waals surface area contributed by atoms with Crippen LogP contribution in [-0.4, -0.2) is 23.9 Å². The third-order valence-electron chi connectivity index (χ3n) is 2.35. The fourth-order valence-electron chi connectivity index (χ4n) is 1.61. The van der Waals surface area contributed by atoms with E-state index in [4.69, 9.17) is 11.6 Å². The lowest BCUT2D eigenvalue weighted by Crippen LogP contribution is -2.25. The molecular weight excluding hydrogens is 216 g/mol. The highest BCUT2D eigenvalue weighted by Gasteiger charge is 2.36. The van der Waals surface area contributed by atoms with Gasteiger partial charge < -0.3 is 4.90 Å². The predicted molar refractivity (Wildman–Crippen MR) is 55.5 cm³/mol. The summed E-state index contributed by atoms with van der Waals surface area (Å²) in [6.45, 7) is 0. The minimum absolute atomic E-state index is 0.315. The van der Waals surface area contributed by atoms with Gasteiger partial charge in [-0.3, -0.25) is 10.1 Å². The highest BCUT2D eigenvalue weighted by molar-refractivity contribution is 6.30. The van der Waals surface area contributed by atoms with E-state index in [1.165, 1.54) is 4.90 Å². The highest BCUT2D eigenvalue weighted by atomic mass is 35.5. The van der Waals surface area contributed by atoms with E-state index in [1.807, 2.05) is 0 Å². The van der Waals surface area contributed by atoms with E-state index >= 15 is 0 Å². The Bertz CT molecular complexity index is 433. The molecule has 1 saturated heterocycles. The molecule has 5 heteroatoms. The van der Waals surface area contributed by atoms with Crippen molar-refractivity contribution in [2.75, 3.05) is 7.05 Å². The summed E-state index contributed by atoms with van der Waals surface area (Å²) in [7, 11) is 1.58. The molecule has 1 atom stereocenters. The molecule has 0 spiro atoms. The number of imide groups is 1. The molecular formula is C10H9ClN2O2. The zero-order chi connectivity index (χ0) is 11.0. The summed E-state index contributed by atoms with van der Waals surface area (Å²) in [5, 5.41) is 2.79. The maximum absolute atomic E-state index is 11.5. The van der Waals surface area contributed by atoms with Gasteiger partial charge >= 0.3 is 6.03 Å². The minimum Gasteiger partial charge on any atom is -0.311 e. The number of nitrogens with zero attached hydrogens (tertiary/aromatic N) is 1. The van der Waals surface area contributed by atoms with Crippen molar-refractivity contribution in [2.45, 2.75) is 6.04 Å². The molecule has 0 radical (unpaired) electrons. The largest absolute Gasteiger partial charge is 0.324 e. The number of hydrogen-bond donors (Lipinski definition) is 1. The number of urea groups is 1. The normalized spacial score (nSPS) is 20.7. The Morgan fingerprint density at radius 2 is 2.13 bits per heavy atom. The number of carbonyl (C=O) groups excluding carboxylic acids is 2. The van der Waals surface area contributed by atoms with Gasteiger partial charge in [-0.2, -0.15) is 0 Å². The first-order valence-corrected chi connectivity index (χ1v) is 4.80. The van der Waals surface area contributed by atoms with E-state index in [0.29, 0.717) is 10.6 Å². The number of carbonyl (C=O) groups is 2. The van der Waals surface area contributed by atoms with Gasteiger partial charge in [0.25, 0.3) is 5.91 Å². The maximum Gasteiger partial charge on any atom is 0.324 e. The molecule has 1 aliphatic heterocycles. The first-order valence-electron chi connectivity index (χ1n) is 4.42. The molecule has 1 aromatic rings. The fourth-order valence-corrected chi connectivity index (χ4v) is 1.81. The van der Waals surface area contributed by atoms with Crippen LogP contribution in [0.3, 0.4) is 0 Å². The fraction of sp³-hybridized carbons (Fsp3) is 0.200. The van der Waals surface area contributed by atoms with E-state index < -0.39 is 6.04 Å². The smallest absolute Gasteiger partial charge is 0.311 e. The Hall–Kier alpha value is -1.55. The van der Waals surface area contributed by atoms with Gasteiger partial charge in [-0.1, -0.05) is 23.7 Å². The minimum atomic E-state index is -0.573. The highest BCUT2D eigenvalue weighted by Crippen LogP contribution is 2.25. The number of nitrogens with one attached hydrogen (secondary N) is 1. The molecule has 0 aromatic heterocycles. The Labute approximate surface area is 91.8 Å². The zero-order valence-corrected chi connectivity index (χ0v) is 8.78. The topological polar surface area (TPSA) is 49.4 Å². The molecule has 15 heavy (non-hydrogen) atoms. The van der Waals surface area contributed by atoms with Crippen molar-refractivity contribution < 1.29 is 9.59 Å². The van der Waals surface area contributed by atoms with Gasteiger partial charge in [-0.05, 0) is 17.7 Å². The number of amides is 3. The van der Waals surface area contributed by atoms with Crippen LogP contribution in [0.4, 0.5) is 4.79 Å². The van der Waals surface area contributed by atoms with Crippen molar-refractivity contribution in [3.05, 3.63) is 34.9 Å². The summed E-state index contributed by atoms with van der Waals surface area (Å²) >= 11 is 5.82. The summed E-state index contributed by atoms with van der Waals surface area (Å²) in [4.78, 5) is 24.1. The van der Waals surface area contributed by atoms with E-state index in [2.05, 4.69) is 5.32 Å². The summed E-state index contributed by atoms with van der Waals surface area (Å²) in [5.74, 6) is -0.315. The van der Waals surface area contributed by atoms with Crippen LogP contribution in [0.5, 0.6) is 0 Å². The molecule has 3 amide bonds. The van der Waals surface area contributed by atoms with Crippen molar-refractivity contribution in [3.63, 3.8) is 0 Å². The lowest BCUT2D eigenvalue weighted by atomic mass is 10.1. The van der Waals surface area contributed by atoms with Gasteiger partial charge in [0.05, 0.1) is 0 Å². The van der Waals surface area contributed by atoms with Crippen LogP contribution in [0, 0.1) is 0 Å². The number of likely N-dealkylation sites (N-methyl/N-ethyl adjacent to an activating group) is 1. The molecule has 1 aliphatic rings. The zero-order valence-electron chi connectivity index (χ0n) is 8.03. The maximum atomic E-state index is 11.5. The molecule has 1 aromatic carbocycles. The lowest BCUT2D eigenvalue weighted by molar-refractivity contribution is -0.121. The SMILES string of the molecule is CN1C(=O)NC(=O)C1c1cccc(Cl)c1. The number of hydrogen-bond acceptors (Lipinski definition) is 2. The molecule has 2 rings (SSSR count). The molecule has 1 heterocycles. The third-order valence-corrected chi connectivity index (χ3v) is 2.59. The summed E-state index contributed by atoms with van der Waals surface area (Å²) in [6.07, 6.45) is 0. The first-order chi connectivity index (χ1) is 7.09. The van der Waals surface area contributed by atoms with Gasteiger partial charge in [0, 0.05) is 12.1 Å². The van der Waals surface area contributed by atoms with Gasteiger partial charge in [0.1, 0.15) is 6.04 Å². The molecule has 4 nitrogen and oxygen atoms in total. The number of halogens is 1. The third kappa shape index (κ3) is 1.68. The van der Waals surface area contributed by atoms with Gasteiger partial charge in [-0.15, -0.1) is 0 Å². The van der Waals surface area contributed by atoms with E-state index in [1.54, 1.807) is 31.3 Å². The van der Waals surface area contributed by atoms with Crippen LogP contribution in [0.15, 0.2) is 24.3 Å². The number of benzene rings is 1. The van der Waals surface area contributed by atoms with Crippen LogP contribution in [0.1, 0.15) is 11.6 Å². The molecule has 0 bridgehead atoms. The Morgan fingerprint density at radius 3 is 2.67 bits per heavy atom. The van der Waals surface area contributed by atoms with E-state index in [0.717, 1.165) is 0 Å². The second-order valence-corrected chi connectivity index (χ2v) is 3.80. The Balaban J connectivity index is 2.39. The molecule has 0 aliphatic carbocycles. The standard InChI is InChI=1S/C10H9ClN2O2/c1-13-8(9(14)12-10(13)15)6-3-2-4-7(11)5-6/h2-5,8H,1H3,(H,12,14,15). The first kappa shape index (κ1) is 9.98. The average Bonchev–Trinajstić information content (AvgIpc) is 2.41. The number of rotatable bonds is 1.